The fourth-order valence-corrected chi connectivity index (χ4v) is 0.812. The average molecular weight is 410 g/mol. The van der Waals surface area contributed by atoms with Crippen molar-refractivity contribution in [1.82, 2.24) is 5.32 Å². The minimum absolute atomic E-state index is 0. The van der Waals surface area contributed by atoms with Crippen molar-refractivity contribution in [3.63, 3.8) is 0 Å². The van der Waals surface area contributed by atoms with Gasteiger partial charge < -0.3 is 5.11 Å². The van der Waals surface area contributed by atoms with Gasteiger partial charge >= 0.3 is 0 Å². The number of aliphatic hydroxyl groups excluding tert-OH is 1. The molecule has 0 aliphatic carbocycles. The summed E-state index contributed by atoms with van der Waals surface area (Å²) in [6.45, 7) is 10.1. The number of benzene rings is 2. The Morgan fingerprint density at radius 2 is 1.17 bits per heavy atom. The smallest absolute Gasteiger partial charge is 0.0929 e. The van der Waals surface area contributed by atoms with Gasteiger partial charge in [-0.15, -0.1) is 0 Å². The van der Waals surface area contributed by atoms with E-state index in [9.17, 15) is 0 Å². The minimum Gasteiger partial charge on any atom is -0.381 e. The molecule has 0 atom stereocenters. The van der Waals surface area contributed by atoms with Gasteiger partial charge in [0.05, 0.1) is 6.73 Å². The third-order valence-corrected chi connectivity index (χ3v) is 1.65. The molecule has 0 heterocycles. The molecule has 2 rings (SSSR count). The van der Waals surface area contributed by atoms with Gasteiger partial charge in [-0.05, 0) is 7.05 Å². The zero-order chi connectivity index (χ0) is 16.8. The Bertz CT molecular complexity index is 313. The maximum atomic E-state index is 7.76. The average Bonchev–Trinajstić information content (AvgIpc) is 2.61. The van der Waals surface area contributed by atoms with Crippen molar-refractivity contribution >= 4 is 0 Å². The second-order valence-electron chi connectivity index (χ2n) is 3.17. The standard InChI is InChI=1S/C7H7.C6H5.C2H7NO.2C2H6.2CH4.Y/c1-7-5-3-2-4-6-7;1-2-4-6-5-3-1;1-3-2-4;2*1-2;;;/h3-6H,1H3;1-5H;3-4H,2H2,1H3;2*1-2H3;2*1H4;/q2*-1;;;;;;. The zero-order valence-corrected chi connectivity index (χ0v) is 17.8. The zero-order valence-electron chi connectivity index (χ0n) is 14.9. The molecule has 24 heavy (non-hydrogen) atoms. The Morgan fingerprint density at radius 3 is 1.29 bits per heavy atom. The molecule has 0 saturated carbocycles. The summed E-state index contributed by atoms with van der Waals surface area (Å²) in [5, 5.41) is 10.2. The molecular formula is C21H39NOY-2. The van der Waals surface area contributed by atoms with Gasteiger partial charge in [0, 0.05) is 32.7 Å². The topological polar surface area (TPSA) is 32.3 Å². The maximum absolute atomic E-state index is 7.76. The molecule has 0 aliphatic heterocycles. The second kappa shape index (κ2) is 43.3. The van der Waals surface area contributed by atoms with Crippen molar-refractivity contribution in [2.75, 3.05) is 13.8 Å². The van der Waals surface area contributed by atoms with Crippen LogP contribution in [0.15, 0.2) is 54.6 Å². The Balaban J connectivity index is -0.0000000444. The monoisotopic (exact) mass is 410 g/mol. The summed E-state index contributed by atoms with van der Waals surface area (Å²) in [7, 11) is 1.68. The second-order valence-corrected chi connectivity index (χ2v) is 3.17. The van der Waals surface area contributed by atoms with Crippen LogP contribution in [0.3, 0.4) is 0 Å². The van der Waals surface area contributed by atoms with E-state index >= 15 is 0 Å². The Hall–Kier alpha value is -0.536. The van der Waals surface area contributed by atoms with Gasteiger partial charge in [0.1, 0.15) is 0 Å². The van der Waals surface area contributed by atoms with E-state index in [-0.39, 0.29) is 54.3 Å². The summed E-state index contributed by atoms with van der Waals surface area (Å²) >= 11 is 0. The van der Waals surface area contributed by atoms with E-state index in [1.807, 2.05) is 82.3 Å². The van der Waals surface area contributed by atoms with Crippen molar-refractivity contribution in [3.05, 3.63) is 72.3 Å². The number of aliphatic hydroxyl groups is 1. The molecule has 2 N–H and O–H groups in total. The van der Waals surface area contributed by atoms with E-state index in [2.05, 4.69) is 24.4 Å². The first kappa shape index (κ1) is 38.8. The van der Waals surface area contributed by atoms with Crippen LogP contribution in [0.25, 0.3) is 0 Å². The molecule has 2 aromatic rings. The summed E-state index contributed by atoms with van der Waals surface area (Å²) in [4.78, 5) is 0. The van der Waals surface area contributed by atoms with Crippen LogP contribution in [-0.4, -0.2) is 18.9 Å². The first-order valence-corrected chi connectivity index (χ1v) is 7.40. The fraction of sp³-hybridized carbons (Fsp3) is 0.429. The molecule has 0 fully saturated rings. The van der Waals surface area contributed by atoms with Crippen LogP contribution in [0.5, 0.6) is 0 Å². The van der Waals surface area contributed by atoms with E-state index in [1.165, 1.54) is 5.56 Å². The summed E-state index contributed by atoms with van der Waals surface area (Å²) in [6, 6.07) is 23.3. The van der Waals surface area contributed by atoms with Crippen molar-refractivity contribution < 1.29 is 37.8 Å². The molecule has 1 radical (unpaired) electrons. The van der Waals surface area contributed by atoms with E-state index in [0.717, 1.165) is 0 Å². The van der Waals surface area contributed by atoms with Gasteiger partial charge in [-0.2, -0.15) is 72.3 Å². The molecule has 0 aromatic heterocycles. The molecule has 2 nitrogen and oxygen atoms in total. The van der Waals surface area contributed by atoms with Gasteiger partial charge in [0.2, 0.25) is 0 Å². The summed E-state index contributed by atoms with van der Waals surface area (Å²) < 4.78 is 0. The van der Waals surface area contributed by atoms with Crippen molar-refractivity contribution in [2.24, 2.45) is 0 Å². The van der Waals surface area contributed by atoms with Gasteiger partial charge in [-0.1, -0.05) is 49.5 Å². The van der Waals surface area contributed by atoms with Gasteiger partial charge in [0.25, 0.3) is 0 Å². The summed E-state index contributed by atoms with van der Waals surface area (Å²) in [5.74, 6) is 0. The number of aryl methyl sites for hydroxylation is 1. The summed E-state index contributed by atoms with van der Waals surface area (Å²) in [6.07, 6.45) is 0. The first-order chi connectivity index (χ1) is 10.3. The molecule has 0 aliphatic rings. The number of hydrogen-bond donors (Lipinski definition) is 2. The van der Waals surface area contributed by atoms with E-state index < -0.39 is 0 Å². The molecule has 0 spiro atoms. The van der Waals surface area contributed by atoms with E-state index in [1.54, 1.807) is 7.05 Å². The maximum Gasteiger partial charge on any atom is 0.0929 e. The van der Waals surface area contributed by atoms with Gasteiger partial charge in [0.15, 0.2) is 0 Å². The molecule has 0 unspecified atom stereocenters. The van der Waals surface area contributed by atoms with Crippen LogP contribution in [0.4, 0.5) is 0 Å². The first-order valence-electron chi connectivity index (χ1n) is 7.40. The molecule has 3 heteroatoms. The van der Waals surface area contributed by atoms with Crippen LogP contribution in [-0.2, 0) is 32.7 Å². The third-order valence-electron chi connectivity index (χ3n) is 1.65. The number of hydrogen-bond acceptors (Lipinski definition) is 2. The Labute approximate surface area is 178 Å². The van der Waals surface area contributed by atoms with Crippen LogP contribution < -0.4 is 5.32 Å². The largest absolute Gasteiger partial charge is 0.381 e. The van der Waals surface area contributed by atoms with Gasteiger partial charge in [-0.25, -0.2) is 0 Å². The summed E-state index contributed by atoms with van der Waals surface area (Å²) in [5.41, 5.74) is 1.29. The van der Waals surface area contributed by atoms with Crippen molar-refractivity contribution in [3.8, 4) is 0 Å². The van der Waals surface area contributed by atoms with Crippen LogP contribution >= 0.6 is 0 Å². The SMILES string of the molecule is C.C.CC.CC.CNCO.Cc1cc[c-]cc1.[Y].[c-]1ccccc1. The molecule has 0 amide bonds. The van der Waals surface area contributed by atoms with Crippen molar-refractivity contribution in [1.29, 1.82) is 0 Å². The quantitative estimate of drug-likeness (QED) is 0.463. The molecule has 0 bridgehead atoms. The molecule has 139 valence electrons. The number of nitrogens with one attached hydrogen (secondary N) is 1. The van der Waals surface area contributed by atoms with Gasteiger partial charge in [-0.3, -0.25) is 5.32 Å². The van der Waals surface area contributed by atoms with Crippen LogP contribution in [0, 0.1) is 19.1 Å². The number of rotatable bonds is 1. The van der Waals surface area contributed by atoms with E-state index in [0.29, 0.717) is 0 Å². The van der Waals surface area contributed by atoms with Crippen molar-refractivity contribution in [2.45, 2.75) is 49.5 Å². The third kappa shape index (κ3) is 43.0. The predicted molar refractivity (Wildman–Crippen MR) is 108 cm³/mol. The molecular weight excluding hydrogens is 371 g/mol. The normalized spacial score (nSPS) is 6.29. The Kier molecular flexibility index (Phi) is 70.0. The minimum atomic E-state index is 0. The molecule has 2 aromatic carbocycles. The van der Waals surface area contributed by atoms with Crippen LogP contribution in [0.2, 0.25) is 0 Å². The predicted octanol–water partition coefficient (Wildman–Crippen LogP) is 5.76. The fourth-order valence-electron chi connectivity index (χ4n) is 0.812. The van der Waals surface area contributed by atoms with E-state index in [4.69, 9.17) is 5.11 Å². The van der Waals surface area contributed by atoms with Crippen LogP contribution in [0.1, 0.15) is 48.1 Å². The Morgan fingerprint density at radius 1 is 0.833 bits per heavy atom. The molecule has 0 saturated heterocycles.